The molecule has 0 aliphatic heterocycles. The molecule has 5 rings (SSSR count). The number of azo groups is 1. The highest BCUT2D eigenvalue weighted by Gasteiger charge is 2.19. The van der Waals surface area contributed by atoms with Crippen LogP contribution in [-0.2, 0) is 10.0 Å². The standard InChI is InChI=1S/C31H33N7O5S/c1-3-38(4-2)17-7-16-32-44(42,43)23-13-10-21(11-14-23)36-37-28-24-9-6-5-8-20(24)18-25(29(28)39)30(40)33-22-12-15-26-27(19-22)35-31(41)34-26/h5-6,8-15,18-19,32,39H,3-4,7,16-17H2,1-2H3,(H,33,40)(H2,34,35,41). The van der Waals surface area contributed by atoms with Gasteiger partial charge in [-0.05, 0) is 80.0 Å². The van der Waals surface area contributed by atoms with Crippen LogP contribution < -0.4 is 15.7 Å². The van der Waals surface area contributed by atoms with Gasteiger partial charge >= 0.3 is 5.69 Å². The molecule has 0 saturated heterocycles. The Bertz CT molecular complexity index is 2000. The van der Waals surface area contributed by atoms with E-state index in [-0.39, 0.29) is 27.6 Å². The molecule has 12 nitrogen and oxygen atoms in total. The van der Waals surface area contributed by atoms with E-state index < -0.39 is 15.9 Å². The Morgan fingerprint density at radius 2 is 1.66 bits per heavy atom. The maximum absolute atomic E-state index is 13.2. The van der Waals surface area contributed by atoms with Gasteiger partial charge in [0.1, 0.15) is 5.69 Å². The number of hydrogen-bond donors (Lipinski definition) is 5. The zero-order valence-corrected chi connectivity index (χ0v) is 25.1. The molecule has 0 saturated carbocycles. The fourth-order valence-electron chi connectivity index (χ4n) is 4.83. The van der Waals surface area contributed by atoms with E-state index in [1.807, 2.05) is 0 Å². The molecule has 0 atom stereocenters. The number of amides is 1. The first-order valence-electron chi connectivity index (χ1n) is 14.2. The monoisotopic (exact) mass is 615 g/mol. The minimum absolute atomic E-state index is 0.0196. The van der Waals surface area contributed by atoms with Crippen LogP contribution in [0.2, 0.25) is 0 Å². The van der Waals surface area contributed by atoms with Crippen molar-refractivity contribution in [2.24, 2.45) is 10.2 Å². The number of nitrogens with zero attached hydrogens (tertiary/aromatic N) is 3. The first-order valence-corrected chi connectivity index (χ1v) is 15.7. The number of aromatic amines is 2. The molecule has 228 valence electrons. The van der Waals surface area contributed by atoms with Crippen molar-refractivity contribution in [2.45, 2.75) is 25.2 Å². The molecular weight excluding hydrogens is 582 g/mol. The van der Waals surface area contributed by atoms with Crippen molar-refractivity contribution in [3.8, 4) is 5.75 Å². The van der Waals surface area contributed by atoms with Gasteiger partial charge in [0.15, 0.2) is 5.75 Å². The Morgan fingerprint density at radius 1 is 0.932 bits per heavy atom. The van der Waals surface area contributed by atoms with Crippen LogP contribution in [0.4, 0.5) is 17.1 Å². The van der Waals surface area contributed by atoms with Crippen molar-refractivity contribution < 1.29 is 18.3 Å². The van der Waals surface area contributed by atoms with Crippen LogP contribution in [0.1, 0.15) is 30.6 Å². The first-order chi connectivity index (χ1) is 21.2. The molecule has 13 heteroatoms. The van der Waals surface area contributed by atoms with Crippen LogP contribution in [0, 0.1) is 0 Å². The van der Waals surface area contributed by atoms with Crippen molar-refractivity contribution in [2.75, 3.05) is 31.5 Å². The van der Waals surface area contributed by atoms with E-state index in [9.17, 15) is 23.1 Å². The van der Waals surface area contributed by atoms with Gasteiger partial charge in [0.05, 0.1) is 27.2 Å². The lowest BCUT2D eigenvalue weighted by atomic mass is 10.0. The summed E-state index contributed by atoms with van der Waals surface area (Å²) >= 11 is 0. The average Bonchev–Trinajstić information content (AvgIpc) is 3.40. The minimum atomic E-state index is -3.69. The number of carbonyl (C=O) groups excluding carboxylic acids is 1. The van der Waals surface area contributed by atoms with Gasteiger partial charge in [-0.3, -0.25) is 4.79 Å². The molecule has 4 aromatic carbocycles. The molecule has 0 bridgehead atoms. The highest BCUT2D eigenvalue weighted by molar-refractivity contribution is 7.89. The van der Waals surface area contributed by atoms with E-state index in [0.29, 0.717) is 46.1 Å². The first kappa shape index (κ1) is 30.6. The summed E-state index contributed by atoms with van der Waals surface area (Å²) in [5.41, 5.74) is 1.60. The number of fused-ring (bicyclic) bond motifs is 2. The quantitative estimate of drug-likeness (QED) is 0.0929. The van der Waals surface area contributed by atoms with Gasteiger partial charge in [0.25, 0.3) is 5.91 Å². The molecule has 44 heavy (non-hydrogen) atoms. The fourth-order valence-corrected chi connectivity index (χ4v) is 5.91. The lowest BCUT2D eigenvalue weighted by molar-refractivity contribution is 0.102. The van der Waals surface area contributed by atoms with Gasteiger partial charge in [0.2, 0.25) is 10.0 Å². The number of aromatic nitrogens is 2. The summed E-state index contributed by atoms with van der Waals surface area (Å²) in [5.74, 6) is -0.949. The smallest absolute Gasteiger partial charge is 0.323 e. The minimum Gasteiger partial charge on any atom is -0.505 e. The van der Waals surface area contributed by atoms with Gasteiger partial charge in [0, 0.05) is 17.6 Å². The van der Waals surface area contributed by atoms with Crippen molar-refractivity contribution in [3.63, 3.8) is 0 Å². The summed E-state index contributed by atoms with van der Waals surface area (Å²) < 4.78 is 28.1. The highest BCUT2D eigenvalue weighted by atomic mass is 32.2. The van der Waals surface area contributed by atoms with Crippen molar-refractivity contribution in [1.29, 1.82) is 0 Å². The predicted molar refractivity (Wildman–Crippen MR) is 171 cm³/mol. The van der Waals surface area contributed by atoms with E-state index in [1.165, 1.54) is 24.3 Å². The number of H-pyrrole nitrogens is 2. The molecule has 0 fully saturated rings. The van der Waals surface area contributed by atoms with Gasteiger partial charge < -0.3 is 25.3 Å². The van der Waals surface area contributed by atoms with Crippen LogP contribution in [0.15, 0.2) is 92.7 Å². The number of aromatic hydroxyl groups is 1. The lowest BCUT2D eigenvalue weighted by Gasteiger charge is -2.17. The molecule has 0 unspecified atom stereocenters. The number of phenolic OH excluding ortho intramolecular Hbond substituents is 1. The maximum atomic E-state index is 13.2. The molecule has 0 spiro atoms. The second kappa shape index (κ2) is 13.2. The number of sulfonamides is 1. The number of hydrogen-bond acceptors (Lipinski definition) is 8. The maximum Gasteiger partial charge on any atom is 0.323 e. The summed E-state index contributed by atoms with van der Waals surface area (Å²) in [6.45, 7) is 7.12. The largest absolute Gasteiger partial charge is 0.505 e. The number of rotatable bonds is 12. The summed E-state index contributed by atoms with van der Waals surface area (Å²) in [5, 5.41) is 23.6. The SMILES string of the molecule is CCN(CC)CCCNS(=O)(=O)c1ccc(N=Nc2c(O)c(C(=O)Nc3ccc4[nH]c(=O)[nH]c4c3)cc3ccccc23)cc1. The number of nitrogens with one attached hydrogen (secondary N) is 4. The van der Waals surface area contributed by atoms with Crippen LogP contribution in [0.3, 0.4) is 0 Å². The second-order valence-corrected chi connectivity index (χ2v) is 11.9. The molecule has 0 aliphatic rings. The highest BCUT2D eigenvalue weighted by Crippen LogP contribution is 2.39. The van der Waals surface area contributed by atoms with Crippen LogP contribution in [0.5, 0.6) is 5.75 Å². The van der Waals surface area contributed by atoms with Crippen LogP contribution in [-0.4, -0.2) is 60.5 Å². The van der Waals surface area contributed by atoms with Crippen LogP contribution in [0.25, 0.3) is 21.8 Å². The Labute approximate surface area is 253 Å². The zero-order chi connectivity index (χ0) is 31.3. The third kappa shape index (κ3) is 6.86. The number of benzene rings is 4. The number of anilines is 1. The van der Waals surface area contributed by atoms with Gasteiger partial charge in [-0.15, -0.1) is 5.11 Å². The summed E-state index contributed by atoms with van der Waals surface area (Å²) in [6.07, 6.45) is 0.699. The van der Waals surface area contributed by atoms with Crippen molar-refractivity contribution >= 4 is 54.8 Å². The van der Waals surface area contributed by atoms with Gasteiger partial charge in [-0.1, -0.05) is 38.1 Å². The third-order valence-corrected chi connectivity index (χ3v) is 8.74. The topological polar surface area (TPSA) is 172 Å². The fraction of sp³-hybridized carbons (Fsp3) is 0.226. The Balaban J connectivity index is 1.35. The van der Waals surface area contributed by atoms with E-state index in [2.05, 4.69) is 49.0 Å². The predicted octanol–water partition coefficient (Wildman–Crippen LogP) is 5.39. The molecular formula is C31H33N7O5S. The molecule has 1 amide bonds. The average molecular weight is 616 g/mol. The Morgan fingerprint density at radius 3 is 2.41 bits per heavy atom. The molecule has 0 aliphatic carbocycles. The molecule has 1 heterocycles. The molecule has 0 radical (unpaired) electrons. The van der Waals surface area contributed by atoms with E-state index >= 15 is 0 Å². The molecule has 5 aromatic rings. The van der Waals surface area contributed by atoms with Gasteiger partial charge in [-0.25, -0.2) is 17.9 Å². The van der Waals surface area contributed by atoms with Gasteiger partial charge in [-0.2, -0.15) is 5.11 Å². The second-order valence-electron chi connectivity index (χ2n) is 10.1. The van der Waals surface area contributed by atoms with E-state index in [4.69, 9.17) is 0 Å². The molecule has 1 aromatic heterocycles. The molecule has 5 N–H and O–H groups in total. The normalized spacial score (nSPS) is 12.1. The van der Waals surface area contributed by atoms with E-state index in [1.54, 1.807) is 48.5 Å². The Hall–Kier alpha value is -4.85. The van der Waals surface area contributed by atoms with Crippen LogP contribution >= 0.6 is 0 Å². The Kier molecular flexibility index (Phi) is 9.18. The summed E-state index contributed by atoms with van der Waals surface area (Å²) in [7, 11) is -3.69. The summed E-state index contributed by atoms with van der Waals surface area (Å²) in [4.78, 5) is 32.4. The lowest BCUT2D eigenvalue weighted by Crippen LogP contribution is -2.29. The third-order valence-electron chi connectivity index (χ3n) is 7.26. The van der Waals surface area contributed by atoms with E-state index in [0.717, 1.165) is 19.6 Å². The van der Waals surface area contributed by atoms with Crippen molar-refractivity contribution in [3.05, 3.63) is 88.8 Å². The number of imidazole rings is 1. The summed E-state index contributed by atoms with van der Waals surface area (Å²) in [6, 6.07) is 19.5. The number of carbonyl (C=O) groups is 1. The zero-order valence-electron chi connectivity index (χ0n) is 24.3. The number of phenols is 1. The van der Waals surface area contributed by atoms with Crippen molar-refractivity contribution in [1.82, 2.24) is 19.6 Å².